The third kappa shape index (κ3) is 2.78. The molecular weight excluding hydrogens is 230 g/mol. The van der Waals surface area contributed by atoms with Crippen molar-refractivity contribution in [2.75, 3.05) is 0 Å². The topological polar surface area (TPSA) is 12.9 Å². The van der Waals surface area contributed by atoms with Gasteiger partial charge in [-0.05, 0) is 37.0 Å². The Hall–Kier alpha value is -1.08. The summed E-state index contributed by atoms with van der Waals surface area (Å²) in [7, 11) is 0. The van der Waals surface area contributed by atoms with Crippen molar-refractivity contribution in [1.82, 2.24) is 4.98 Å². The van der Waals surface area contributed by atoms with E-state index in [1.54, 1.807) is 0 Å². The van der Waals surface area contributed by atoms with E-state index in [1.807, 2.05) is 13.0 Å². The maximum Gasteiger partial charge on any atom is 0.0707 e. The Morgan fingerprint density at radius 1 is 1.24 bits per heavy atom. The average molecular weight is 248 g/mol. The molecule has 0 saturated carbocycles. The molecule has 0 aliphatic heterocycles. The van der Waals surface area contributed by atoms with Gasteiger partial charge in [0.15, 0.2) is 0 Å². The van der Waals surface area contributed by atoms with E-state index in [1.165, 1.54) is 10.9 Å². The Morgan fingerprint density at radius 2 is 1.94 bits per heavy atom. The number of hydrogen-bond donors (Lipinski definition) is 0. The van der Waals surface area contributed by atoms with Gasteiger partial charge < -0.3 is 0 Å². The van der Waals surface area contributed by atoms with Crippen molar-refractivity contribution in [3.05, 3.63) is 41.6 Å². The van der Waals surface area contributed by atoms with Gasteiger partial charge in [-0.15, -0.1) is 11.6 Å². The Labute approximate surface area is 108 Å². The van der Waals surface area contributed by atoms with E-state index < -0.39 is 0 Å². The molecule has 1 aromatic heterocycles. The first-order valence-corrected chi connectivity index (χ1v) is 6.51. The number of benzene rings is 1. The highest BCUT2D eigenvalue weighted by Gasteiger charge is 2.13. The molecule has 1 unspecified atom stereocenters. The second kappa shape index (κ2) is 5.05. The third-order valence-electron chi connectivity index (χ3n) is 3.07. The highest BCUT2D eigenvalue weighted by Crippen LogP contribution is 2.23. The van der Waals surface area contributed by atoms with Gasteiger partial charge in [-0.3, -0.25) is 4.98 Å². The lowest BCUT2D eigenvalue weighted by molar-refractivity contribution is 0.597. The molecule has 1 nitrogen and oxygen atoms in total. The Morgan fingerprint density at radius 3 is 2.65 bits per heavy atom. The second-order valence-corrected chi connectivity index (χ2v) is 5.46. The van der Waals surface area contributed by atoms with Crippen LogP contribution in [0.3, 0.4) is 0 Å². The second-order valence-electron chi connectivity index (χ2n) is 4.90. The molecule has 1 aromatic carbocycles. The first kappa shape index (κ1) is 12.4. The molecule has 90 valence electrons. The first-order valence-electron chi connectivity index (χ1n) is 6.07. The summed E-state index contributed by atoms with van der Waals surface area (Å²) in [4.78, 5) is 4.55. The summed E-state index contributed by atoms with van der Waals surface area (Å²) in [5.74, 6) is 0.490. The molecule has 2 rings (SSSR count). The lowest BCUT2D eigenvalue weighted by Crippen LogP contribution is -2.11. The van der Waals surface area contributed by atoms with E-state index in [0.29, 0.717) is 5.92 Å². The molecule has 0 aliphatic rings. The van der Waals surface area contributed by atoms with E-state index in [9.17, 15) is 0 Å². The number of fused-ring (bicyclic) bond motifs is 1. The number of para-hydroxylation sites is 1. The lowest BCUT2D eigenvalue weighted by Gasteiger charge is -2.15. The predicted octanol–water partition coefficient (Wildman–Crippen LogP) is 4.35. The molecule has 1 heterocycles. The van der Waals surface area contributed by atoms with Gasteiger partial charge in [0.2, 0.25) is 0 Å². The third-order valence-corrected chi connectivity index (χ3v) is 3.73. The largest absolute Gasteiger partial charge is 0.253 e. The van der Waals surface area contributed by atoms with Crippen LogP contribution in [-0.2, 0) is 6.42 Å². The standard InChI is InChI=1S/C15H18ClN/c1-10(2)14(16)9-12-8-11(3)17-15-7-5-4-6-13(12)15/h4-8,10,14H,9H2,1-3H3. The van der Waals surface area contributed by atoms with Gasteiger partial charge in [-0.1, -0.05) is 32.0 Å². The van der Waals surface area contributed by atoms with Crippen molar-refractivity contribution in [1.29, 1.82) is 0 Å². The summed E-state index contributed by atoms with van der Waals surface area (Å²) < 4.78 is 0. The van der Waals surface area contributed by atoms with E-state index in [2.05, 4.69) is 43.1 Å². The van der Waals surface area contributed by atoms with Gasteiger partial charge in [0, 0.05) is 16.5 Å². The van der Waals surface area contributed by atoms with Crippen molar-refractivity contribution in [3.8, 4) is 0 Å². The van der Waals surface area contributed by atoms with Crippen molar-refractivity contribution in [2.24, 2.45) is 5.92 Å². The zero-order chi connectivity index (χ0) is 12.4. The number of nitrogens with zero attached hydrogens (tertiary/aromatic N) is 1. The maximum absolute atomic E-state index is 6.38. The molecule has 0 aliphatic carbocycles. The van der Waals surface area contributed by atoms with Gasteiger partial charge in [-0.2, -0.15) is 0 Å². The molecule has 0 saturated heterocycles. The smallest absolute Gasteiger partial charge is 0.0707 e. The highest BCUT2D eigenvalue weighted by molar-refractivity contribution is 6.21. The van der Waals surface area contributed by atoms with E-state index >= 15 is 0 Å². The number of aromatic nitrogens is 1. The SMILES string of the molecule is Cc1cc(CC(Cl)C(C)C)c2ccccc2n1. The number of rotatable bonds is 3. The van der Waals surface area contributed by atoms with Crippen LogP contribution in [0, 0.1) is 12.8 Å². The van der Waals surface area contributed by atoms with Gasteiger partial charge >= 0.3 is 0 Å². The van der Waals surface area contributed by atoms with Gasteiger partial charge in [0.05, 0.1) is 5.52 Å². The summed E-state index contributed by atoms with van der Waals surface area (Å²) in [5.41, 5.74) is 3.43. The van der Waals surface area contributed by atoms with E-state index in [-0.39, 0.29) is 5.38 Å². The molecular formula is C15H18ClN. The van der Waals surface area contributed by atoms with Crippen LogP contribution in [0.15, 0.2) is 30.3 Å². The molecule has 2 aromatic rings. The van der Waals surface area contributed by atoms with Crippen molar-refractivity contribution < 1.29 is 0 Å². The Kier molecular flexibility index (Phi) is 3.68. The normalized spacial score (nSPS) is 13.2. The molecule has 0 amide bonds. The summed E-state index contributed by atoms with van der Waals surface area (Å²) in [6, 6.07) is 10.4. The quantitative estimate of drug-likeness (QED) is 0.735. The molecule has 1 atom stereocenters. The zero-order valence-electron chi connectivity index (χ0n) is 10.6. The van der Waals surface area contributed by atoms with Crippen molar-refractivity contribution in [2.45, 2.75) is 32.6 Å². The maximum atomic E-state index is 6.38. The number of hydrogen-bond acceptors (Lipinski definition) is 1. The van der Waals surface area contributed by atoms with Crippen LogP contribution >= 0.6 is 11.6 Å². The molecule has 2 heteroatoms. The average Bonchev–Trinajstić information content (AvgIpc) is 2.28. The van der Waals surface area contributed by atoms with Gasteiger partial charge in [0.25, 0.3) is 0 Å². The molecule has 17 heavy (non-hydrogen) atoms. The Bertz CT molecular complexity index is 519. The van der Waals surface area contributed by atoms with Crippen molar-refractivity contribution in [3.63, 3.8) is 0 Å². The van der Waals surface area contributed by atoms with Crippen LogP contribution < -0.4 is 0 Å². The van der Waals surface area contributed by atoms with Crippen LogP contribution in [0.1, 0.15) is 25.1 Å². The minimum Gasteiger partial charge on any atom is -0.253 e. The fourth-order valence-corrected chi connectivity index (χ4v) is 2.18. The Balaban J connectivity index is 2.45. The van der Waals surface area contributed by atoms with Gasteiger partial charge in [-0.25, -0.2) is 0 Å². The van der Waals surface area contributed by atoms with Crippen LogP contribution in [0.2, 0.25) is 0 Å². The van der Waals surface area contributed by atoms with Gasteiger partial charge in [0.1, 0.15) is 0 Å². The van der Waals surface area contributed by atoms with Crippen LogP contribution in [-0.4, -0.2) is 10.4 Å². The van der Waals surface area contributed by atoms with Crippen LogP contribution in [0.4, 0.5) is 0 Å². The van der Waals surface area contributed by atoms with Crippen LogP contribution in [0.5, 0.6) is 0 Å². The summed E-state index contributed by atoms with van der Waals surface area (Å²) in [6.45, 7) is 6.36. The number of halogens is 1. The molecule has 0 bridgehead atoms. The molecule has 0 radical (unpaired) electrons. The van der Waals surface area contributed by atoms with Crippen LogP contribution in [0.25, 0.3) is 10.9 Å². The molecule has 0 spiro atoms. The summed E-state index contributed by atoms with van der Waals surface area (Å²) >= 11 is 6.38. The van der Waals surface area contributed by atoms with E-state index in [4.69, 9.17) is 11.6 Å². The molecule has 0 fully saturated rings. The van der Waals surface area contributed by atoms with Crippen molar-refractivity contribution >= 4 is 22.5 Å². The fourth-order valence-electron chi connectivity index (χ4n) is 2.01. The zero-order valence-corrected chi connectivity index (χ0v) is 11.3. The predicted molar refractivity (Wildman–Crippen MR) is 74.7 cm³/mol. The molecule has 0 N–H and O–H groups in total. The highest BCUT2D eigenvalue weighted by atomic mass is 35.5. The lowest BCUT2D eigenvalue weighted by atomic mass is 9.98. The minimum absolute atomic E-state index is 0.181. The van der Waals surface area contributed by atoms with E-state index in [0.717, 1.165) is 17.6 Å². The first-order chi connectivity index (χ1) is 8.08. The fraction of sp³-hybridized carbons (Fsp3) is 0.400. The minimum atomic E-state index is 0.181. The number of alkyl halides is 1. The number of pyridine rings is 1. The summed E-state index contributed by atoms with van der Waals surface area (Å²) in [5, 5.41) is 1.41. The monoisotopic (exact) mass is 247 g/mol. The number of aryl methyl sites for hydroxylation is 1. The summed E-state index contributed by atoms with van der Waals surface area (Å²) in [6.07, 6.45) is 0.906.